The minimum absolute atomic E-state index is 0.000975. The largest absolute Gasteiger partial charge is 0.358 e. The highest BCUT2D eigenvalue weighted by atomic mass is 32.2. The van der Waals surface area contributed by atoms with E-state index in [2.05, 4.69) is 37.3 Å². The third kappa shape index (κ3) is 2.95. The van der Waals surface area contributed by atoms with Gasteiger partial charge in [0.05, 0.1) is 0 Å². The van der Waals surface area contributed by atoms with E-state index in [0.717, 1.165) is 22.2 Å². The molecule has 2 N–H and O–H groups in total. The fourth-order valence-corrected chi connectivity index (χ4v) is 2.27. The van der Waals surface area contributed by atoms with Crippen LogP contribution in [0.25, 0.3) is 10.9 Å². The number of carbonyl (C=O) groups excluding carboxylic acids is 1. The van der Waals surface area contributed by atoms with E-state index >= 15 is 0 Å². The van der Waals surface area contributed by atoms with Gasteiger partial charge in [-0.25, -0.2) is 0 Å². The summed E-state index contributed by atoms with van der Waals surface area (Å²) in [6.45, 7) is 6.93. The molecule has 0 aliphatic heterocycles. The van der Waals surface area contributed by atoms with Crippen LogP contribution in [0.3, 0.4) is 0 Å². The molecule has 2 aromatic rings. The molecule has 0 fully saturated rings. The first-order chi connectivity index (χ1) is 9.02. The lowest BCUT2D eigenvalue weighted by Gasteiger charge is -2.10. The first-order valence-electron chi connectivity index (χ1n) is 6.43. The normalized spacial score (nSPS) is 12.6. The molecule has 1 aromatic carbocycles. The Morgan fingerprint density at radius 2 is 2.16 bits per heavy atom. The monoisotopic (exact) mass is 276 g/mol. The van der Waals surface area contributed by atoms with Crippen molar-refractivity contribution in [2.24, 2.45) is 0 Å². The molecular weight excluding hydrogens is 256 g/mol. The van der Waals surface area contributed by atoms with E-state index in [1.807, 2.05) is 18.2 Å². The number of benzene rings is 1. The fraction of sp³-hybridized carbons (Fsp3) is 0.400. The van der Waals surface area contributed by atoms with Gasteiger partial charge in [0.25, 0.3) is 5.91 Å². The summed E-state index contributed by atoms with van der Waals surface area (Å²) in [6.07, 6.45) is 2.05. The zero-order valence-corrected chi connectivity index (χ0v) is 12.6. The fourth-order valence-electron chi connectivity index (χ4n) is 2.02. The van der Waals surface area contributed by atoms with Gasteiger partial charge >= 0.3 is 0 Å². The molecular formula is C15H20N2OS. The van der Waals surface area contributed by atoms with Crippen molar-refractivity contribution < 1.29 is 4.79 Å². The second kappa shape index (κ2) is 5.70. The van der Waals surface area contributed by atoms with Gasteiger partial charge in [0.15, 0.2) is 0 Å². The average molecular weight is 276 g/mol. The van der Waals surface area contributed by atoms with Crippen molar-refractivity contribution in [2.45, 2.75) is 26.0 Å². The number of hydrogen-bond donors (Lipinski definition) is 2. The highest BCUT2D eigenvalue weighted by molar-refractivity contribution is 7.99. The summed E-state index contributed by atoms with van der Waals surface area (Å²) in [6, 6.07) is 5.81. The summed E-state index contributed by atoms with van der Waals surface area (Å²) < 4.78 is 0. The molecule has 0 saturated heterocycles. The second-order valence-electron chi connectivity index (χ2n) is 4.89. The van der Waals surface area contributed by atoms with E-state index in [1.165, 1.54) is 5.56 Å². The Morgan fingerprint density at radius 3 is 2.84 bits per heavy atom. The molecule has 19 heavy (non-hydrogen) atoms. The van der Waals surface area contributed by atoms with Crippen LogP contribution in [0.2, 0.25) is 0 Å². The first kappa shape index (κ1) is 14.0. The number of hydrogen-bond acceptors (Lipinski definition) is 2. The number of H-pyrrole nitrogens is 1. The molecule has 0 radical (unpaired) electrons. The van der Waals surface area contributed by atoms with Gasteiger partial charge in [0.2, 0.25) is 0 Å². The van der Waals surface area contributed by atoms with Crippen LogP contribution in [0, 0.1) is 13.8 Å². The van der Waals surface area contributed by atoms with Gasteiger partial charge in [-0.15, -0.1) is 0 Å². The van der Waals surface area contributed by atoms with E-state index < -0.39 is 0 Å². The number of fused-ring (bicyclic) bond motifs is 1. The van der Waals surface area contributed by atoms with Crippen LogP contribution < -0.4 is 5.32 Å². The molecule has 102 valence electrons. The van der Waals surface area contributed by atoms with Crippen molar-refractivity contribution in [3.05, 3.63) is 35.0 Å². The Morgan fingerprint density at radius 1 is 1.42 bits per heavy atom. The van der Waals surface area contributed by atoms with E-state index in [9.17, 15) is 4.79 Å². The van der Waals surface area contributed by atoms with Crippen LogP contribution in [0.1, 0.15) is 28.5 Å². The van der Waals surface area contributed by atoms with Crippen molar-refractivity contribution in [1.29, 1.82) is 0 Å². The molecule has 4 heteroatoms. The van der Waals surface area contributed by atoms with Crippen LogP contribution in [-0.2, 0) is 0 Å². The molecule has 0 aliphatic carbocycles. The predicted molar refractivity (Wildman–Crippen MR) is 83.1 cm³/mol. The van der Waals surface area contributed by atoms with Gasteiger partial charge in [-0.3, -0.25) is 4.79 Å². The number of thioether (sulfide) groups is 1. The van der Waals surface area contributed by atoms with E-state index in [1.54, 1.807) is 11.8 Å². The zero-order chi connectivity index (χ0) is 14.0. The summed E-state index contributed by atoms with van der Waals surface area (Å²) in [5, 5.41) is 4.53. The third-order valence-corrected chi connectivity index (χ3v) is 4.49. The summed E-state index contributed by atoms with van der Waals surface area (Å²) in [5.41, 5.74) is 4.18. The molecule has 2 rings (SSSR count). The van der Waals surface area contributed by atoms with Gasteiger partial charge in [-0.05, 0) is 43.9 Å². The first-order valence-corrected chi connectivity index (χ1v) is 7.71. The molecule has 1 atom stereocenters. The lowest BCUT2D eigenvalue weighted by Crippen LogP contribution is -2.29. The molecule has 1 aromatic heterocycles. The summed E-state index contributed by atoms with van der Waals surface area (Å²) >= 11 is 1.75. The topological polar surface area (TPSA) is 44.9 Å². The Balaban J connectivity index is 2.20. The number of carbonyl (C=O) groups is 1. The molecule has 0 bridgehead atoms. The van der Waals surface area contributed by atoms with Gasteiger partial charge in [-0.1, -0.05) is 6.92 Å². The number of nitrogens with one attached hydrogen (secondary N) is 2. The average Bonchev–Trinajstić information content (AvgIpc) is 2.70. The second-order valence-corrected chi connectivity index (χ2v) is 6.17. The van der Waals surface area contributed by atoms with Crippen LogP contribution >= 0.6 is 11.8 Å². The minimum atomic E-state index is 0.000975. The van der Waals surface area contributed by atoms with Crippen LogP contribution in [0.5, 0.6) is 0 Å². The smallest absolute Gasteiger partial charge is 0.251 e. The highest BCUT2D eigenvalue weighted by Crippen LogP contribution is 2.22. The Hall–Kier alpha value is -1.42. The van der Waals surface area contributed by atoms with Gasteiger partial charge in [0, 0.05) is 34.0 Å². The van der Waals surface area contributed by atoms with Crippen LogP contribution in [0.4, 0.5) is 0 Å². The van der Waals surface area contributed by atoms with Crippen LogP contribution in [-0.4, -0.2) is 28.9 Å². The highest BCUT2D eigenvalue weighted by Gasteiger charge is 2.10. The lowest BCUT2D eigenvalue weighted by atomic mass is 10.1. The number of aromatic nitrogens is 1. The van der Waals surface area contributed by atoms with E-state index in [0.29, 0.717) is 11.8 Å². The summed E-state index contributed by atoms with van der Waals surface area (Å²) in [5.74, 6) is 0.000975. The van der Waals surface area contributed by atoms with Crippen molar-refractivity contribution in [3.8, 4) is 0 Å². The Bertz CT molecular complexity index is 603. The van der Waals surface area contributed by atoms with E-state index in [4.69, 9.17) is 0 Å². The number of rotatable bonds is 4. The van der Waals surface area contributed by atoms with Crippen molar-refractivity contribution >= 4 is 28.6 Å². The molecule has 3 nitrogen and oxygen atoms in total. The Kier molecular flexibility index (Phi) is 4.20. The molecule has 1 unspecified atom stereocenters. The molecule has 1 amide bonds. The maximum Gasteiger partial charge on any atom is 0.251 e. The third-order valence-electron chi connectivity index (χ3n) is 3.52. The summed E-state index contributed by atoms with van der Waals surface area (Å²) in [7, 11) is 0. The number of amides is 1. The van der Waals surface area contributed by atoms with Gasteiger partial charge in [0.1, 0.15) is 0 Å². The standard InChI is InChI=1S/C15H20N2OS/c1-9(19-4)8-16-15(18)12-5-6-14-13(7-12)10(2)11(3)17-14/h5-7,9,17H,8H2,1-4H3,(H,16,18). The predicted octanol–water partition coefficient (Wildman–Crippen LogP) is 3.27. The molecule has 1 heterocycles. The number of aromatic amines is 1. The SMILES string of the molecule is CSC(C)CNC(=O)c1ccc2[nH]c(C)c(C)c2c1. The van der Waals surface area contributed by atoms with E-state index in [-0.39, 0.29) is 5.91 Å². The summed E-state index contributed by atoms with van der Waals surface area (Å²) in [4.78, 5) is 15.4. The maximum atomic E-state index is 12.1. The van der Waals surface area contributed by atoms with Crippen molar-refractivity contribution in [2.75, 3.05) is 12.8 Å². The molecule has 0 saturated carbocycles. The lowest BCUT2D eigenvalue weighted by molar-refractivity contribution is 0.0954. The van der Waals surface area contributed by atoms with Gasteiger partial charge < -0.3 is 10.3 Å². The number of aryl methyl sites for hydroxylation is 2. The quantitative estimate of drug-likeness (QED) is 0.900. The van der Waals surface area contributed by atoms with Crippen molar-refractivity contribution in [3.63, 3.8) is 0 Å². The minimum Gasteiger partial charge on any atom is -0.358 e. The van der Waals surface area contributed by atoms with Gasteiger partial charge in [-0.2, -0.15) is 11.8 Å². The Labute approximate surface area is 118 Å². The van der Waals surface area contributed by atoms with Crippen LogP contribution in [0.15, 0.2) is 18.2 Å². The maximum absolute atomic E-state index is 12.1. The zero-order valence-electron chi connectivity index (χ0n) is 11.8. The molecule has 0 spiro atoms. The molecule has 0 aliphatic rings. The van der Waals surface area contributed by atoms with Crippen molar-refractivity contribution in [1.82, 2.24) is 10.3 Å².